The Kier molecular flexibility index (Phi) is 9.32. The number of ether oxygens (including phenoxy) is 2. The largest absolute Gasteiger partial charge is 0.493 e. The van der Waals surface area contributed by atoms with Gasteiger partial charge in [-0.25, -0.2) is 4.98 Å². The number of amides is 3. The molecule has 4 heterocycles. The number of hydrogen-bond donors (Lipinski definition) is 1. The molecular formula is C31H41N7O5. The van der Waals surface area contributed by atoms with Crippen molar-refractivity contribution in [2.24, 2.45) is 13.0 Å². The topological polar surface area (TPSA) is 124 Å². The van der Waals surface area contributed by atoms with Gasteiger partial charge < -0.3 is 29.2 Å². The molecule has 1 aromatic carbocycles. The summed E-state index contributed by atoms with van der Waals surface area (Å²) in [5, 5.41) is 7.43. The van der Waals surface area contributed by atoms with E-state index >= 15 is 0 Å². The molecule has 43 heavy (non-hydrogen) atoms. The van der Waals surface area contributed by atoms with Gasteiger partial charge in [-0.05, 0) is 37.1 Å². The third kappa shape index (κ3) is 6.68. The van der Waals surface area contributed by atoms with Gasteiger partial charge in [-0.3, -0.25) is 19.1 Å². The van der Waals surface area contributed by atoms with Gasteiger partial charge in [0.05, 0.1) is 19.6 Å². The van der Waals surface area contributed by atoms with Crippen LogP contribution < -0.4 is 14.8 Å². The zero-order valence-corrected chi connectivity index (χ0v) is 25.4. The summed E-state index contributed by atoms with van der Waals surface area (Å²) in [5.41, 5.74) is 2.17. The Hall–Kier alpha value is -4.35. The Balaban J connectivity index is 1.34. The number of methoxy groups -OCH3 is 1. The van der Waals surface area contributed by atoms with Crippen LogP contribution in [0.4, 0.5) is 0 Å². The van der Waals surface area contributed by atoms with Gasteiger partial charge in [0.2, 0.25) is 11.8 Å². The summed E-state index contributed by atoms with van der Waals surface area (Å²) in [6.45, 7) is 6.73. The van der Waals surface area contributed by atoms with Crippen LogP contribution >= 0.6 is 0 Å². The van der Waals surface area contributed by atoms with Crippen molar-refractivity contribution in [1.29, 1.82) is 0 Å². The first kappa shape index (κ1) is 30.1. The quantitative estimate of drug-likeness (QED) is 0.466. The molecular weight excluding hydrogens is 550 g/mol. The van der Waals surface area contributed by atoms with E-state index in [1.54, 1.807) is 40.9 Å². The number of aromatic nitrogens is 4. The Morgan fingerprint density at radius 3 is 2.70 bits per heavy atom. The second kappa shape index (κ2) is 13.3. The molecule has 0 saturated carbocycles. The molecule has 1 N–H and O–H groups in total. The van der Waals surface area contributed by atoms with Crippen molar-refractivity contribution >= 4 is 17.7 Å². The first-order chi connectivity index (χ1) is 20.8. The molecule has 0 radical (unpaired) electrons. The number of hydrogen-bond acceptors (Lipinski definition) is 7. The van der Waals surface area contributed by atoms with Crippen molar-refractivity contribution < 1.29 is 23.9 Å². The molecule has 2 atom stereocenters. The number of carbonyl (C=O) groups is 3. The molecule has 5 rings (SSSR count). The van der Waals surface area contributed by atoms with Gasteiger partial charge in [0.15, 0.2) is 17.2 Å². The SMILES string of the molecule is CCc1nccn1CCC(=O)N1C[C@@H]2C(=O)NCCCN(C(=O)c3cc(C)n(C)n3)CCOc3cc(ccc3OC)[C@H]2C1. The van der Waals surface area contributed by atoms with Gasteiger partial charge >= 0.3 is 0 Å². The van der Waals surface area contributed by atoms with Crippen LogP contribution in [0.1, 0.15) is 53.3 Å². The minimum Gasteiger partial charge on any atom is -0.493 e. The smallest absolute Gasteiger partial charge is 0.274 e. The van der Waals surface area contributed by atoms with Crippen LogP contribution in [0, 0.1) is 12.8 Å². The number of nitrogens with zero attached hydrogens (tertiary/aromatic N) is 6. The normalized spacial score (nSPS) is 19.3. The van der Waals surface area contributed by atoms with Crippen LogP contribution in [-0.2, 0) is 29.6 Å². The van der Waals surface area contributed by atoms with Crippen LogP contribution in [0.5, 0.6) is 11.5 Å². The van der Waals surface area contributed by atoms with E-state index in [2.05, 4.69) is 15.4 Å². The van der Waals surface area contributed by atoms with Gasteiger partial charge in [-0.15, -0.1) is 0 Å². The summed E-state index contributed by atoms with van der Waals surface area (Å²) in [6, 6.07) is 7.45. The molecule has 0 spiro atoms. The second-order valence-corrected chi connectivity index (χ2v) is 11.1. The fourth-order valence-corrected chi connectivity index (χ4v) is 5.90. The molecule has 1 fully saturated rings. The Morgan fingerprint density at radius 2 is 1.95 bits per heavy atom. The zero-order chi connectivity index (χ0) is 30.5. The number of benzene rings is 1. The van der Waals surface area contributed by atoms with Crippen LogP contribution in [0.3, 0.4) is 0 Å². The highest BCUT2D eigenvalue weighted by atomic mass is 16.5. The monoisotopic (exact) mass is 591 g/mol. The molecule has 12 nitrogen and oxygen atoms in total. The number of likely N-dealkylation sites (tertiary alicyclic amines) is 1. The van der Waals surface area contributed by atoms with E-state index in [1.807, 2.05) is 42.8 Å². The highest BCUT2D eigenvalue weighted by Crippen LogP contribution is 2.38. The van der Waals surface area contributed by atoms with Crippen LogP contribution in [0.25, 0.3) is 0 Å². The summed E-state index contributed by atoms with van der Waals surface area (Å²) >= 11 is 0. The Morgan fingerprint density at radius 1 is 1.14 bits per heavy atom. The van der Waals surface area contributed by atoms with Crippen molar-refractivity contribution in [3.8, 4) is 11.5 Å². The molecule has 3 amide bonds. The van der Waals surface area contributed by atoms with E-state index in [1.165, 1.54) is 0 Å². The summed E-state index contributed by atoms with van der Waals surface area (Å²) in [6.07, 6.45) is 5.35. The maximum absolute atomic E-state index is 13.5. The van der Waals surface area contributed by atoms with Crippen molar-refractivity contribution in [2.75, 3.05) is 46.4 Å². The molecule has 12 heteroatoms. The fourth-order valence-electron chi connectivity index (χ4n) is 5.90. The summed E-state index contributed by atoms with van der Waals surface area (Å²) in [7, 11) is 3.38. The molecule has 0 aliphatic carbocycles. The Labute approximate surface area is 251 Å². The lowest BCUT2D eigenvalue weighted by atomic mass is 9.88. The lowest BCUT2D eigenvalue weighted by Gasteiger charge is -2.24. The standard InChI is InChI=1S/C31H41N7O5/c1-5-28-32-11-14-36(28)13-9-29(39)38-19-23-22-7-8-26(42-4)27(18-22)43-16-15-37(12-6-10-33-30(40)24(23)20-38)31(41)25-17-21(2)35(3)34-25/h7-8,11,14,17-18,23-24H,5-6,9-10,12-13,15-16,19-20H2,1-4H3,(H,33,40)/t23-,24+/m1/s1. The molecule has 230 valence electrons. The minimum absolute atomic E-state index is 0.0119. The van der Waals surface area contributed by atoms with Crippen molar-refractivity contribution in [3.63, 3.8) is 0 Å². The number of imidazole rings is 1. The highest BCUT2D eigenvalue weighted by Gasteiger charge is 2.40. The van der Waals surface area contributed by atoms with Gasteiger partial charge in [0, 0.05) is 76.6 Å². The highest BCUT2D eigenvalue weighted by molar-refractivity contribution is 5.92. The summed E-state index contributed by atoms with van der Waals surface area (Å²) < 4.78 is 15.4. The van der Waals surface area contributed by atoms with Crippen LogP contribution in [-0.4, -0.2) is 93.3 Å². The first-order valence-electron chi connectivity index (χ1n) is 14.9. The molecule has 0 unspecified atom stereocenters. The maximum atomic E-state index is 13.5. The lowest BCUT2D eigenvalue weighted by molar-refractivity contribution is -0.131. The molecule has 2 bridgehead atoms. The molecule has 2 aromatic heterocycles. The number of carbonyl (C=O) groups excluding carboxylic acids is 3. The zero-order valence-electron chi connectivity index (χ0n) is 25.4. The van der Waals surface area contributed by atoms with Crippen molar-refractivity contribution in [1.82, 2.24) is 34.4 Å². The van der Waals surface area contributed by atoms with Gasteiger partial charge in [0.1, 0.15) is 12.4 Å². The predicted molar refractivity (Wildman–Crippen MR) is 159 cm³/mol. The summed E-state index contributed by atoms with van der Waals surface area (Å²) in [5.74, 6) is 1.17. The third-order valence-corrected chi connectivity index (χ3v) is 8.45. The van der Waals surface area contributed by atoms with E-state index in [0.29, 0.717) is 69.3 Å². The van der Waals surface area contributed by atoms with Gasteiger partial charge in [0.25, 0.3) is 5.91 Å². The molecule has 2 aliphatic rings. The van der Waals surface area contributed by atoms with Gasteiger partial charge in [-0.2, -0.15) is 5.10 Å². The van der Waals surface area contributed by atoms with Gasteiger partial charge in [-0.1, -0.05) is 13.0 Å². The number of fused-ring (bicyclic) bond motifs is 4. The van der Waals surface area contributed by atoms with E-state index in [4.69, 9.17) is 9.47 Å². The molecule has 1 saturated heterocycles. The number of rotatable bonds is 6. The first-order valence-corrected chi connectivity index (χ1v) is 14.9. The summed E-state index contributed by atoms with van der Waals surface area (Å²) in [4.78, 5) is 48.1. The van der Waals surface area contributed by atoms with E-state index < -0.39 is 5.92 Å². The van der Waals surface area contributed by atoms with E-state index in [9.17, 15) is 14.4 Å². The average molecular weight is 592 g/mol. The van der Waals surface area contributed by atoms with E-state index in [0.717, 1.165) is 23.5 Å². The fraction of sp³-hybridized carbons (Fsp3) is 0.516. The van der Waals surface area contributed by atoms with Crippen LogP contribution in [0.15, 0.2) is 36.7 Å². The maximum Gasteiger partial charge on any atom is 0.274 e. The number of aryl methyl sites for hydroxylation is 4. The number of nitrogens with one attached hydrogen (secondary N) is 1. The third-order valence-electron chi connectivity index (χ3n) is 8.45. The second-order valence-electron chi connectivity index (χ2n) is 11.1. The van der Waals surface area contributed by atoms with Crippen molar-refractivity contribution in [3.05, 3.63) is 59.4 Å². The molecule has 2 aliphatic heterocycles. The Bertz CT molecular complexity index is 1440. The minimum atomic E-state index is -0.415. The predicted octanol–water partition coefficient (Wildman–Crippen LogP) is 2.17. The van der Waals surface area contributed by atoms with E-state index in [-0.39, 0.29) is 30.2 Å². The van der Waals surface area contributed by atoms with Crippen molar-refractivity contribution in [2.45, 2.75) is 45.6 Å². The van der Waals surface area contributed by atoms with Crippen LogP contribution in [0.2, 0.25) is 0 Å². The lowest BCUT2D eigenvalue weighted by Crippen LogP contribution is -2.39. The average Bonchev–Trinajstić information content (AvgIpc) is 3.74. The molecule has 3 aromatic rings.